The maximum atomic E-state index is 11.2. The molecule has 0 unspecified atom stereocenters. The lowest BCUT2D eigenvalue weighted by atomic mass is 10.1. The van der Waals surface area contributed by atoms with Crippen LogP contribution in [0.1, 0.15) is 20.3 Å². The Balaban J connectivity index is 4.19. The van der Waals surface area contributed by atoms with Crippen molar-refractivity contribution < 1.29 is 19.2 Å². The molecule has 0 aromatic rings. The molecule has 0 aliphatic carbocycles. The number of hydrogen-bond donors (Lipinski definition) is 1. The van der Waals surface area contributed by atoms with E-state index in [0.29, 0.717) is 5.06 Å². The molecule has 0 atom stereocenters. The van der Waals surface area contributed by atoms with Crippen LogP contribution < -0.4 is 5.32 Å². The van der Waals surface area contributed by atoms with E-state index in [4.69, 9.17) is 0 Å². The molecule has 0 aliphatic heterocycles. The number of nitrogens with zero attached hydrogens (tertiary/aromatic N) is 1. The van der Waals surface area contributed by atoms with Gasteiger partial charge in [-0.05, 0) is 5.92 Å². The summed E-state index contributed by atoms with van der Waals surface area (Å²) in [4.78, 5) is 36.7. The Morgan fingerprint density at radius 2 is 2.07 bits per heavy atom. The lowest BCUT2D eigenvalue weighted by Crippen LogP contribution is -2.36. The Morgan fingerprint density at radius 3 is 2.43 bits per heavy atom. The molecule has 6 heteroatoms. The zero-order valence-corrected chi connectivity index (χ0v) is 8.44. The molecule has 0 saturated carbocycles. The average molecular weight is 202 g/mol. The van der Waals surface area contributed by atoms with Crippen molar-refractivity contribution in [3.8, 4) is 0 Å². The SMILES string of the molecule is CNC(=O)ON(C=O)C(=O)CC(C)C. The zero-order chi connectivity index (χ0) is 11.1. The van der Waals surface area contributed by atoms with Crippen LogP contribution in [0.25, 0.3) is 0 Å². The minimum absolute atomic E-state index is 0.0956. The molecular weight excluding hydrogens is 188 g/mol. The molecule has 0 heterocycles. The second-order valence-electron chi connectivity index (χ2n) is 3.05. The monoisotopic (exact) mass is 202 g/mol. The van der Waals surface area contributed by atoms with Gasteiger partial charge in [0.1, 0.15) is 0 Å². The largest absolute Gasteiger partial charge is 0.431 e. The highest BCUT2D eigenvalue weighted by atomic mass is 16.7. The Morgan fingerprint density at radius 1 is 1.50 bits per heavy atom. The highest BCUT2D eigenvalue weighted by Gasteiger charge is 2.18. The molecule has 0 rings (SSSR count). The van der Waals surface area contributed by atoms with E-state index >= 15 is 0 Å². The third kappa shape index (κ3) is 4.44. The van der Waals surface area contributed by atoms with Gasteiger partial charge in [0.15, 0.2) is 0 Å². The van der Waals surface area contributed by atoms with Crippen molar-refractivity contribution in [1.82, 2.24) is 10.4 Å². The average Bonchev–Trinajstić information content (AvgIpc) is 2.12. The molecular formula is C8H14N2O4. The van der Waals surface area contributed by atoms with Crippen molar-refractivity contribution in [3.63, 3.8) is 0 Å². The van der Waals surface area contributed by atoms with Gasteiger partial charge in [-0.1, -0.05) is 13.8 Å². The first-order valence-electron chi connectivity index (χ1n) is 4.18. The Labute approximate surface area is 82.2 Å². The summed E-state index contributed by atoms with van der Waals surface area (Å²) in [5, 5.41) is 2.51. The summed E-state index contributed by atoms with van der Waals surface area (Å²) in [7, 11) is 1.33. The number of nitrogens with one attached hydrogen (secondary N) is 1. The number of amides is 3. The van der Waals surface area contributed by atoms with Crippen molar-refractivity contribution in [2.24, 2.45) is 5.92 Å². The molecule has 0 aromatic carbocycles. The van der Waals surface area contributed by atoms with Gasteiger partial charge in [-0.25, -0.2) is 4.79 Å². The van der Waals surface area contributed by atoms with Gasteiger partial charge >= 0.3 is 6.09 Å². The van der Waals surface area contributed by atoms with E-state index in [0.717, 1.165) is 0 Å². The molecule has 0 radical (unpaired) electrons. The second-order valence-corrected chi connectivity index (χ2v) is 3.05. The van der Waals surface area contributed by atoms with E-state index in [9.17, 15) is 14.4 Å². The highest BCUT2D eigenvalue weighted by molar-refractivity contribution is 5.86. The van der Waals surface area contributed by atoms with E-state index in [-0.39, 0.29) is 18.7 Å². The minimum atomic E-state index is -0.853. The quantitative estimate of drug-likeness (QED) is 0.527. The molecule has 3 amide bonds. The molecule has 0 bridgehead atoms. The molecule has 1 N–H and O–H groups in total. The lowest BCUT2D eigenvalue weighted by molar-refractivity contribution is -0.170. The van der Waals surface area contributed by atoms with E-state index in [1.54, 1.807) is 0 Å². The maximum absolute atomic E-state index is 11.2. The molecule has 0 saturated heterocycles. The lowest BCUT2D eigenvalue weighted by Gasteiger charge is -2.14. The maximum Gasteiger partial charge on any atom is 0.431 e. The number of hydroxylamine groups is 2. The summed E-state index contributed by atoms with van der Waals surface area (Å²) < 4.78 is 0. The van der Waals surface area contributed by atoms with E-state index in [1.165, 1.54) is 7.05 Å². The molecule has 6 nitrogen and oxygen atoms in total. The van der Waals surface area contributed by atoms with E-state index in [2.05, 4.69) is 10.2 Å². The standard InChI is InChI=1S/C8H14N2O4/c1-6(2)4-7(12)10(5-11)14-8(13)9-3/h5-6H,4H2,1-3H3,(H,9,13). The highest BCUT2D eigenvalue weighted by Crippen LogP contribution is 2.03. The minimum Gasteiger partial charge on any atom is -0.323 e. The van der Waals surface area contributed by atoms with E-state index < -0.39 is 12.0 Å². The van der Waals surface area contributed by atoms with Crippen LogP contribution in [0.2, 0.25) is 0 Å². The molecule has 0 aromatic heterocycles. The third-order valence-corrected chi connectivity index (χ3v) is 1.31. The molecule has 14 heavy (non-hydrogen) atoms. The van der Waals surface area contributed by atoms with Gasteiger partial charge in [0.05, 0.1) is 0 Å². The van der Waals surface area contributed by atoms with Crippen LogP contribution in [0.15, 0.2) is 0 Å². The smallest absolute Gasteiger partial charge is 0.323 e. The zero-order valence-electron chi connectivity index (χ0n) is 8.44. The van der Waals surface area contributed by atoms with Gasteiger partial charge in [0, 0.05) is 13.5 Å². The van der Waals surface area contributed by atoms with Gasteiger partial charge in [0.25, 0.3) is 12.3 Å². The number of rotatable bonds is 3. The fourth-order valence-electron chi connectivity index (χ4n) is 0.705. The number of carbonyl (C=O) groups excluding carboxylic acids is 3. The summed E-state index contributed by atoms with van der Waals surface area (Å²) in [5.74, 6) is -0.447. The van der Waals surface area contributed by atoms with Gasteiger partial charge < -0.3 is 10.2 Å². The van der Waals surface area contributed by atoms with Gasteiger partial charge in [0.2, 0.25) is 0 Å². The fraction of sp³-hybridized carbons (Fsp3) is 0.625. The van der Waals surface area contributed by atoms with Crippen LogP contribution in [0.3, 0.4) is 0 Å². The summed E-state index contributed by atoms with van der Waals surface area (Å²) >= 11 is 0. The van der Waals surface area contributed by atoms with Crippen molar-refractivity contribution in [1.29, 1.82) is 0 Å². The summed E-state index contributed by atoms with van der Waals surface area (Å²) in [5.41, 5.74) is 0. The molecule has 80 valence electrons. The van der Waals surface area contributed by atoms with Crippen LogP contribution in [-0.4, -0.2) is 30.5 Å². The van der Waals surface area contributed by atoms with Gasteiger partial charge in [-0.15, -0.1) is 5.06 Å². The normalized spacial score (nSPS) is 9.43. The van der Waals surface area contributed by atoms with Crippen molar-refractivity contribution in [2.45, 2.75) is 20.3 Å². The summed E-state index contributed by atoms with van der Waals surface area (Å²) in [6.07, 6.45) is -0.537. The van der Waals surface area contributed by atoms with Crippen molar-refractivity contribution in [2.75, 3.05) is 7.05 Å². The Kier molecular flexibility index (Phi) is 5.28. The predicted octanol–water partition coefficient (Wildman–Crippen LogP) is 0.288. The van der Waals surface area contributed by atoms with Crippen LogP contribution >= 0.6 is 0 Å². The van der Waals surface area contributed by atoms with Gasteiger partial charge in [-0.3, -0.25) is 9.59 Å². The fourth-order valence-corrected chi connectivity index (χ4v) is 0.705. The second kappa shape index (κ2) is 5.95. The number of imide groups is 1. The molecule has 0 spiro atoms. The topological polar surface area (TPSA) is 75.7 Å². The summed E-state index contributed by atoms with van der Waals surface area (Å²) in [6.45, 7) is 3.64. The Hall–Kier alpha value is -1.59. The third-order valence-electron chi connectivity index (χ3n) is 1.31. The predicted molar refractivity (Wildman–Crippen MR) is 47.9 cm³/mol. The summed E-state index contributed by atoms with van der Waals surface area (Å²) in [6, 6.07) is 0. The van der Waals surface area contributed by atoms with Gasteiger partial charge in [-0.2, -0.15) is 0 Å². The first kappa shape index (κ1) is 12.4. The van der Waals surface area contributed by atoms with Crippen LogP contribution in [0.5, 0.6) is 0 Å². The van der Waals surface area contributed by atoms with Crippen molar-refractivity contribution >= 4 is 18.4 Å². The Bertz CT molecular complexity index is 227. The first-order valence-corrected chi connectivity index (χ1v) is 4.18. The number of hydrogen-bond acceptors (Lipinski definition) is 4. The molecule has 0 aliphatic rings. The molecule has 0 fully saturated rings. The van der Waals surface area contributed by atoms with Crippen LogP contribution in [-0.2, 0) is 14.4 Å². The van der Waals surface area contributed by atoms with E-state index in [1.807, 2.05) is 13.8 Å². The van der Waals surface area contributed by atoms with Crippen molar-refractivity contribution in [3.05, 3.63) is 0 Å². The van der Waals surface area contributed by atoms with Crippen LogP contribution in [0, 0.1) is 5.92 Å². The first-order chi connectivity index (χ1) is 6.51. The number of carbonyl (C=O) groups is 3. The van der Waals surface area contributed by atoms with Crippen LogP contribution in [0.4, 0.5) is 4.79 Å².